The molecule has 1 heterocycles. The van der Waals surface area contributed by atoms with Crippen molar-refractivity contribution >= 4 is 41.5 Å². The summed E-state index contributed by atoms with van der Waals surface area (Å²) in [5, 5.41) is 1.11. The largest absolute Gasteiger partial charge is 0.696 e. The molecule has 1 aliphatic rings. The van der Waals surface area contributed by atoms with E-state index in [1.54, 1.807) is 18.2 Å². The van der Waals surface area contributed by atoms with Gasteiger partial charge in [-0.2, -0.15) is 4.72 Å². The Morgan fingerprint density at radius 1 is 1.32 bits per heavy atom. The van der Waals surface area contributed by atoms with Crippen LogP contribution in [-0.4, -0.2) is 38.5 Å². The summed E-state index contributed by atoms with van der Waals surface area (Å²) in [4.78, 5) is 10.8. The highest BCUT2D eigenvalue weighted by Crippen LogP contribution is 2.38. The van der Waals surface area contributed by atoms with Gasteiger partial charge in [-0.15, -0.1) is 9.42 Å². The summed E-state index contributed by atoms with van der Waals surface area (Å²) >= 11 is 12.6. The third kappa shape index (κ3) is 4.90. The van der Waals surface area contributed by atoms with Gasteiger partial charge >= 0.3 is 8.25 Å². The van der Waals surface area contributed by atoms with Crippen molar-refractivity contribution < 1.29 is 22.4 Å². The second-order valence-corrected chi connectivity index (χ2v) is 9.78. The summed E-state index contributed by atoms with van der Waals surface area (Å²) in [7, 11) is -4.82. The van der Waals surface area contributed by atoms with Crippen molar-refractivity contribution in [3.05, 3.63) is 63.1 Å². The van der Waals surface area contributed by atoms with Gasteiger partial charge in [0.05, 0.1) is 4.90 Å². The minimum Gasteiger partial charge on any atom is -0.301 e. The minimum absolute atomic E-state index is 0.0321. The van der Waals surface area contributed by atoms with E-state index in [1.807, 2.05) is 19.2 Å². The molecule has 0 saturated carbocycles. The molecular formula is C17H18Cl2N2O5PS+. The summed E-state index contributed by atoms with van der Waals surface area (Å²) in [6, 6.07) is 10.1. The van der Waals surface area contributed by atoms with Crippen molar-refractivity contribution in [1.82, 2.24) is 9.62 Å². The molecule has 0 radical (unpaired) electrons. The van der Waals surface area contributed by atoms with E-state index in [4.69, 9.17) is 28.1 Å². The molecule has 2 atom stereocenters. The van der Waals surface area contributed by atoms with Crippen molar-refractivity contribution in [3.8, 4) is 0 Å². The third-order valence-corrected chi connectivity index (χ3v) is 6.77. The first-order valence-corrected chi connectivity index (χ1v) is 11.6. The molecule has 2 aromatic rings. The highest BCUT2D eigenvalue weighted by atomic mass is 35.5. The quantitative estimate of drug-likeness (QED) is 0.502. The molecule has 0 bridgehead atoms. The van der Waals surface area contributed by atoms with Gasteiger partial charge in [-0.3, -0.25) is 0 Å². The highest BCUT2D eigenvalue weighted by Gasteiger charge is 2.28. The zero-order valence-electron chi connectivity index (χ0n) is 14.8. The van der Waals surface area contributed by atoms with Crippen LogP contribution in [0.3, 0.4) is 0 Å². The van der Waals surface area contributed by atoms with Crippen LogP contribution in [0.1, 0.15) is 22.6 Å². The molecule has 0 saturated heterocycles. The number of fused-ring (bicyclic) bond motifs is 1. The van der Waals surface area contributed by atoms with Crippen molar-refractivity contribution in [2.45, 2.75) is 17.4 Å². The van der Waals surface area contributed by atoms with Crippen molar-refractivity contribution in [2.24, 2.45) is 0 Å². The second-order valence-electron chi connectivity index (χ2n) is 6.44. The lowest BCUT2D eigenvalue weighted by atomic mass is 9.85. The second kappa shape index (κ2) is 8.73. The lowest BCUT2D eigenvalue weighted by Crippen LogP contribution is -2.31. The Kier molecular flexibility index (Phi) is 6.74. The van der Waals surface area contributed by atoms with E-state index in [1.165, 1.54) is 6.07 Å². The van der Waals surface area contributed by atoms with Crippen LogP contribution in [0, 0.1) is 0 Å². The number of benzene rings is 2. The molecule has 0 spiro atoms. The Morgan fingerprint density at radius 3 is 2.79 bits per heavy atom. The van der Waals surface area contributed by atoms with E-state index in [2.05, 4.69) is 14.1 Å². The molecule has 28 heavy (non-hydrogen) atoms. The zero-order chi connectivity index (χ0) is 20.5. The number of nitrogens with zero attached hydrogens (tertiary/aromatic N) is 1. The fourth-order valence-corrected chi connectivity index (χ4v) is 5.03. The van der Waals surface area contributed by atoms with Gasteiger partial charge in [0.15, 0.2) is 6.73 Å². The number of rotatable bonds is 6. The molecule has 7 nitrogen and oxygen atoms in total. The van der Waals surface area contributed by atoms with Crippen LogP contribution in [-0.2, 0) is 25.7 Å². The number of sulfonamides is 1. The first kappa shape index (κ1) is 21.6. The van der Waals surface area contributed by atoms with E-state index in [0.717, 1.165) is 16.7 Å². The molecule has 2 N–H and O–H groups in total. The molecule has 2 unspecified atom stereocenters. The van der Waals surface area contributed by atoms with Crippen molar-refractivity contribution in [2.75, 3.05) is 20.3 Å². The smallest absolute Gasteiger partial charge is 0.301 e. The summed E-state index contributed by atoms with van der Waals surface area (Å²) in [6.07, 6.45) is 0. The lowest BCUT2D eigenvalue weighted by molar-refractivity contribution is 0.277. The van der Waals surface area contributed by atoms with Gasteiger partial charge in [0.25, 0.3) is 0 Å². The maximum Gasteiger partial charge on any atom is 0.696 e. The predicted octanol–water partition coefficient (Wildman–Crippen LogP) is 3.47. The van der Waals surface area contributed by atoms with Crippen LogP contribution in [0.4, 0.5) is 0 Å². The Morgan fingerprint density at radius 2 is 2.07 bits per heavy atom. The van der Waals surface area contributed by atoms with E-state index in [9.17, 15) is 13.0 Å². The summed E-state index contributed by atoms with van der Waals surface area (Å²) in [5.74, 6) is -0.108. The molecular weight excluding hydrogens is 446 g/mol. The van der Waals surface area contributed by atoms with Crippen LogP contribution in [0.2, 0.25) is 10.0 Å². The summed E-state index contributed by atoms with van der Waals surface area (Å²) in [5.41, 5.74) is 2.73. The van der Waals surface area contributed by atoms with Gasteiger partial charge in [0.1, 0.15) is 0 Å². The Hall–Kier alpha value is -1.09. The first-order chi connectivity index (χ1) is 13.2. The average molecular weight is 464 g/mol. The van der Waals surface area contributed by atoms with E-state index < -0.39 is 25.0 Å². The molecule has 0 fully saturated rings. The van der Waals surface area contributed by atoms with E-state index in [-0.39, 0.29) is 10.8 Å². The monoisotopic (exact) mass is 463 g/mol. The zero-order valence-corrected chi connectivity index (χ0v) is 18.0. The lowest BCUT2D eigenvalue weighted by Gasteiger charge is -2.33. The van der Waals surface area contributed by atoms with Gasteiger partial charge in [-0.25, -0.2) is 8.42 Å². The van der Waals surface area contributed by atoms with Gasteiger partial charge in [0.2, 0.25) is 10.0 Å². The molecule has 11 heteroatoms. The summed E-state index contributed by atoms with van der Waals surface area (Å²) in [6.45, 7) is 0.755. The van der Waals surface area contributed by atoms with Gasteiger partial charge < -0.3 is 4.90 Å². The Balaban J connectivity index is 1.96. The van der Waals surface area contributed by atoms with Gasteiger partial charge in [-0.1, -0.05) is 35.3 Å². The molecule has 3 rings (SSSR count). The van der Waals surface area contributed by atoms with E-state index in [0.29, 0.717) is 23.1 Å². The van der Waals surface area contributed by atoms with Crippen molar-refractivity contribution in [1.29, 1.82) is 0 Å². The Labute approximate surface area is 174 Å². The molecule has 0 amide bonds. The number of hydrogen-bond donors (Lipinski definition) is 2. The number of halogens is 2. The maximum absolute atomic E-state index is 12.4. The van der Waals surface area contributed by atoms with Crippen LogP contribution in [0.5, 0.6) is 0 Å². The Bertz CT molecular complexity index is 1020. The molecule has 0 aliphatic carbocycles. The van der Waals surface area contributed by atoms with Crippen molar-refractivity contribution in [3.63, 3.8) is 0 Å². The number of hydrogen-bond acceptors (Lipinski definition) is 5. The highest BCUT2D eigenvalue weighted by molar-refractivity contribution is 7.89. The van der Waals surface area contributed by atoms with Crippen LogP contribution >= 0.6 is 31.5 Å². The summed E-state index contributed by atoms with van der Waals surface area (Å²) < 4.78 is 42.0. The van der Waals surface area contributed by atoms with Crippen LogP contribution in [0.25, 0.3) is 0 Å². The standard InChI is InChI=1S/C17H17Cl2N2O5PS/c1-21-8-15(14-6-12(18)7-17(19)16(14)9-21)11-3-2-4-13(5-11)28(24,25)20-10-26-27(22)23/h2-7,15,20H,8-10H2,1H3/p+1. The fraction of sp³-hybridized carbons (Fsp3) is 0.294. The maximum atomic E-state index is 12.4. The SMILES string of the molecule is CN1Cc2c(Cl)cc(Cl)cc2C(c2cccc(S(=O)(=O)NCO[P+](=O)O)c2)C1. The minimum atomic E-state index is -3.90. The van der Waals surface area contributed by atoms with Crippen LogP contribution < -0.4 is 4.72 Å². The van der Waals surface area contributed by atoms with E-state index >= 15 is 0 Å². The molecule has 1 aliphatic heterocycles. The third-order valence-electron chi connectivity index (χ3n) is 4.49. The number of likely N-dealkylation sites (N-methyl/N-ethyl adjacent to an activating group) is 1. The average Bonchev–Trinajstić information content (AvgIpc) is 2.61. The van der Waals surface area contributed by atoms with Crippen LogP contribution in [0.15, 0.2) is 41.3 Å². The molecule has 0 aromatic heterocycles. The molecule has 150 valence electrons. The van der Waals surface area contributed by atoms with Gasteiger partial charge in [-0.05, 0) is 48.0 Å². The van der Waals surface area contributed by atoms with Gasteiger partial charge in [0, 0.05) is 33.6 Å². The predicted molar refractivity (Wildman–Crippen MR) is 107 cm³/mol. The first-order valence-electron chi connectivity index (χ1n) is 8.22. The normalized spacial score (nSPS) is 18.0. The topological polar surface area (TPSA) is 95.9 Å². The fourth-order valence-electron chi connectivity index (χ4n) is 3.27. The molecule has 2 aromatic carbocycles. The number of nitrogens with one attached hydrogen (secondary N) is 1.